The van der Waals surface area contributed by atoms with Crippen molar-refractivity contribution in [2.75, 3.05) is 25.1 Å². The highest BCUT2D eigenvalue weighted by Crippen LogP contribution is 2.15. The highest BCUT2D eigenvalue weighted by atomic mass is 16.5. The number of rotatable bonds is 5. The Balaban J connectivity index is 1.83. The number of nitrogens with one attached hydrogen (secondary N) is 1. The Morgan fingerprint density at radius 1 is 1.47 bits per heavy atom. The topological polar surface area (TPSA) is 43.4 Å². The average Bonchev–Trinajstić information content (AvgIpc) is 2.39. The first-order valence-electron chi connectivity index (χ1n) is 6.34. The summed E-state index contributed by atoms with van der Waals surface area (Å²) < 4.78 is 11.0. The number of pyridine rings is 1. The third-order valence-corrected chi connectivity index (χ3v) is 2.80. The predicted octanol–water partition coefficient (Wildman–Crippen LogP) is 2.46. The maximum atomic E-state index is 5.66. The fourth-order valence-electron chi connectivity index (χ4n) is 1.93. The van der Waals surface area contributed by atoms with Crippen LogP contribution in [0.4, 0.5) is 5.82 Å². The van der Waals surface area contributed by atoms with Gasteiger partial charge >= 0.3 is 0 Å². The van der Waals surface area contributed by atoms with Gasteiger partial charge in [-0.15, -0.1) is 0 Å². The van der Waals surface area contributed by atoms with Gasteiger partial charge in [-0.1, -0.05) is 6.07 Å². The van der Waals surface area contributed by atoms with E-state index in [1.165, 1.54) is 12.8 Å². The predicted molar refractivity (Wildman–Crippen MR) is 67.5 cm³/mol. The maximum Gasteiger partial charge on any atom is 0.215 e. The molecule has 0 amide bonds. The SMILES string of the molecule is CCOc1cccc(NCC2CCCCO2)n1. The Kier molecular flexibility index (Phi) is 4.62. The second-order valence-electron chi connectivity index (χ2n) is 4.16. The Morgan fingerprint density at radius 2 is 2.41 bits per heavy atom. The zero-order valence-electron chi connectivity index (χ0n) is 10.3. The number of ether oxygens (including phenoxy) is 2. The first kappa shape index (κ1) is 12.2. The summed E-state index contributed by atoms with van der Waals surface area (Å²) in [5.74, 6) is 1.52. The maximum absolute atomic E-state index is 5.66. The Hall–Kier alpha value is -1.29. The summed E-state index contributed by atoms with van der Waals surface area (Å²) >= 11 is 0. The molecule has 2 heterocycles. The summed E-state index contributed by atoms with van der Waals surface area (Å²) in [6, 6.07) is 5.76. The van der Waals surface area contributed by atoms with E-state index >= 15 is 0 Å². The van der Waals surface area contributed by atoms with Crippen LogP contribution in [0.15, 0.2) is 18.2 Å². The first-order valence-corrected chi connectivity index (χ1v) is 6.34. The summed E-state index contributed by atoms with van der Waals surface area (Å²) in [7, 11) is 0. The molecule has 0 aliphatic carbocycles. The van der Waals surface area contributed by atoms with Gasteiger partial charge in [0, 0.05) is 19.2 Å². The van der Waals surface area contributed by atoms with Crippen molar-refractivity contribution in [3.8, 4) is 5.88 Å². The van der Waals surface area contributed by atoms with Gasteiger partial charge in [0.1, 0.15) is 5.82 Å². The van der Waals surface area contributed by atoms with Crippen molar-refractivity contribution in [1.82, 2.24) is 4.98 Å². The molecule has 4 nitrogen and oxygen atoms in total. The molecule has 17 heavy (non-hydrogen) atoms. The molecule has 4 heteroatoms. The van der Waals surface area contributed by atoms with Crippen LogP contribution in [0.25, 0.3) is 0 Å². The van der Waals surface area contributed by atoms with E-state index in [2.05, 4.69) is 10.3 Å². The molecule has 1 aliphatic heterocycles. The Morgan fingerprint density at radius 3 is 3.18 bits per heavy atom. The van der Waals surface area contributed by atoms with Gasteiger partial charge in [-0.2, -0.15) is 4.98 Å². The minimum atomic E-state index is 0.321. The van der Waals surface area contributed by atoms with E-state index in [0.29, 0.717) is 18.6 Å². The molecule has 0 bridgehead atoms. The number of nitrogens with zero attached hydrogens (tertiary/aromatic N) is 1. The number of anilines is 1. The van der Waals surface area contributed by atoms with Crippen molar-refractivity contribution < 1.29 is 9.47 Å². The van der Waals surface area contributed by atoms with Crippen LogP contribution >= 0.6 is 0 Å². The van der Waals surface area contributed by atoms with Gasteiger partial charge in [0.05, 0.1) is 12.7 Å². The van der Waals surface area contributed by atoms with E-state index in [4.69, 9.17) is 9.47 Å². The molecule has 1 aromatic rings. The largest absolute Gasteiger partial charge is 0.478 e. The van der Waals surface area contributed by atoms with Gasteiger partial charge in [-0.05, 0) is 32.3 Å². The fourth-order valence-corrected chi connectivity index (χ4v) is 1.93. The van der Waals surface area contributed by atoms with Crippen molar-refractivity contribution in [2.45, 2.75) is 32.3 Å². The highest BCUT2D eigenvalue weighted by Gasteiger charge is 2.13. The van der Waals surface area contributed by atoms with Crippen LogP contribution in [0.2, 0.25) is 0 Å². The summed E-state index contributed by atoms with van der Waals surface area (Å²) in [6.45, 7) is 4.31. The second-order valence-corrected chi connectivity index (χ2v) is 4.16. The summed E-state index contributed by atoms with van der Waals surface area (Å²) in [5, 5.41) is 3.30. The molecule has 0 aromatic carbocycles. The first-order chi connectivity index (χ1) is 8.38. The molecule has 1 N–H and O–H groups in total. The number of aromatic nitrogens is 1. The van der Waals surface area contributed by atoms with Gasteiger partial charge in [0.25, 0.3) is 0 Å². The van der Waals surface area contributed by atoms with Gasteiger partial charge in [0.2, 0.25) is 5.88 Å². The van der Waals surface area contributed by atoms with Crippen LogP contribution in [-0.4, -0.2) is 30.8 Å². The van der Waals surface area contributed by atoms with Crippen molar-refractivity contribution in [3.63, 3.8) is 0 Å². The van der Waals surface area contributed by atoms with E-state index in [1.54, 1.807) is 0 Å². The quantitative estimate of drug-likeness (QED) is 0.853. The second kappa shape index (κ2) is 6.45. The fraction of sp³-hybridized carbons (Fsp3) is 0.615. The standard InChI is InChI=1S/C13H20N2O2/c1-2-16-13-8-5-7-12(15-13)14-10-11-6-3-4-9-17-11/h5,7-8,11H,2-4,6,9-10H2,1H3,(H,14,15). The number of hydrogen-bond acceptors (Lipinski definition) is 4. The van der Waals surface area contributed by atoms with Crippen molar-refractivity contribution in [3.05, 3.63) is 18.2 Å². The summed E-state index contributed by atoms with van der Waals surface area (Å²) in [5.41, 5.74) is 0. The Labute approximate surface area is 102 Å². The molecule has 1 atom stereocenters. The molecular weight excluding hydrogens is 216 g/mol. The van der Waals surface area contributed by atoms with E-state index in [-0.39, 0.29) is 0 Å². The molecule has 0 radical (unpaired) electrons. The monoisotopic (exact) mass is 236 g/mol. The third kappa shape index (κ3) is 3.89. The minimum Gasteiger partial charge on any atom is -0.478 e. The Bertz CT molecular complexity index is 338. The zero-order chi connectivity index (χ0) is 11.9. The van der Waals surface area contributed by atoms with E-state index in [0.717, 1.165) is 25.4 Å². The molecule has 1 aliphatic rings. The molecule has 0 spiro atoms. The lowest BCUT2D eigenvalue weighted by molar-refractivity contribution is 0.0247. The lowest BCUT2D eigenvalue weighted by atomic mass is 10.1. The van der Waals surface area contributed by atoms with Crippen LogP contribution in [0.5, 0.6) is 5.88 Å². The minimum absolute atomic E-state index is 0.321. The van der Waals surface area contributed by atoms with E-state index < -0.39 is 0 Å². The highest BCUT2D eigenvalue weighted by molar-refractivity contribution is 5.37. The van der Waals surface area contributed by atoms with Crippen LogP contribution in [0.1, 0.15) is 26.2 Å². The van der Waals surface area contributed by atoms with Crippen molar-refractivity contribution >= 4 is 5.82 Å². The molecule has 1 aromatic heterocycles. The van der Waals surface area contributed by atoms with Gasteiger partial charge in [0.15, 0.2) is 0 Å². The van der Waals surface area contributed by atoms with Crippen LogP contribution in [0.3, 0.4) is 0 Å². The smallest absolute Gasteiger partial charge is 0.215 e. The summed E-state index contributed by atoms with van der Waals surface area (Å²) in [4.78, 5) is 4.36. The molecule has 0 saturated carbocycles. The van der Waals surface area contributed by atoms with Crippen molar-refractivity contribution in [1.29, 1.82) is 0 Å². The van der Waals surface area contributed by atoms with Gasteiger partial charge in [-0.25, -0.2) is 0 Å². The molecule has 1 unspecified atom stereocenters. The van der Waals surface area contributed by atoms with Gasteiger partial charge in [-0.3, -0.25) is 0 Å². The average molecular weight is 236 g/mol. The molecule has 1 fully saturated rings. The van der Waals surface area contributed by atoms with Crippen molar-refractivity contribution in [2.24, 2.45) is 0 Å². The molecular formula is C13H20N2O2. The lowest BCUT2D eigenvalue weighted by Gasteiger charge is -2.22. The number of hydrogen-bond donors (Lipinski definition) is 1. The van der Waals surface area contributed by atoms with E-state index in [1.807, 2.05) is 25.1 Å². The van der Waals surface area contributed by atoms with E-state index in [9.17, 15) is 0 Å². The molecule has 2 rings (SSSR count). The summed E-state index contributed by atoms with van der Waals surface area (Å²) in [6.07, 6.45) is 3.91. The molecule has 94 valence electrons. The molecule has 1 saturated heterocycles. The van der Waals surface area contributed by atoms with Crippen LogP contribution < -0.4 is 10.1 Å². The van der Waals surface area contributed by atoms with Crippen LogP contribution in [-0.2, 0) is 4.74 Å². The zero-order valence-corrected chi connectivity index (χ0v) is 10.3. The van der Waals surface area contributed by atoms with Gasteiger partial charge < -0.3 is 14.8 Å². The lowest BCUT2D eigenvalue weighted by Crippen LogP contribution is -2.27. The van der Waals surface area contributed by atoms with Crippen LogP contribution in [0, 0.1) is 0 Å². The third-order valence-electron chi connectivity index (χ3n) is 2.80. The normalized spacial score (nSPS) is 19.9.